The van der Waals surface area contributed by atoms with Gasteiger partial charge in [0.15, 0.2) is 0 Å². The van der Waals surface area contributed by atoms with Gasteiger partial charge in [0.25, 0.3) is 5.91 Å². The Bertz CT molecular complexity index is 782. The Hall–Kier alpha value is -2.53. The number of ether oxygens (including phenoxy) is 1. The standard InChI is InChI=1S/C21H23ClN2O3/c1-2-27-19-9-7-18(8-10-19)23-20(25)15-11-13-24(14-12-15)21(26)16-3-5-17(22)6-4-16/h3-10,15H,2,11-14H2,1H3,(H,23,25). The first kappa shape index (κ1) is 19.2. The van der Waals surface area contributed by atoms with E-state index in [9.17, 15) is 9.59 Å². The average Bonchev–Trinajstić information content (AvgIpc) is 2.70. The maximum atomic E-state index is 12.5. The quantitative estimate of drug-likeness (QED) is 0.836. The number of anilines is 1. The zero-order valence-corrected chi connectivity index (χ0v) is 16.0. The van der Waals surface area contributed by atoms with E-state index in [1.165, 1.54) is 0 Å². The van der Waals surface area contributed by atoms with Gasteiger partial charge in [0.1, 0.15) is 5.75 Å². The monoisotopic (exact) mass is 386 g/mol. The molecule has 0 bridgehead atoms. The molecule has 6 heteroatoms. The minimum atomic E-state index is -0.0918. The average molecular weight is 387 g/mol. The van der Waals surface area contributed by atoms with E-state index in [4.69, 9.17) is 16.3 Å². The topological polar surface area (TPSA) is 58.6 Å². The lowest BCUT2D eigenvalue weighted by atomic mass is 9.95. The molecule has 0 radical (unpaired) electrons. The maximum Gasteiger partial charge on any atom is 0.253 e. The number of likely N-dealkylation sites (tertiary alicyclic amines) is 1. The van der Waals surface area contributed by atoms with Crippen molar-refractivity contribution in [3.8, 4) is 5.75 Å². The summed E-state index contributed by atoms with van der Waals surface area (Å²) in [7, 11) is 0. The number of halogens is 1. The summed E-state index contributed by atoms with van der Waals surface area (Å²) in [5, 5.41) is 3.56. The van der Waals surface area contributed by atoms with Crippen molar-refractivity contribution in [3.05, 3.63) is 59.1 Å². The number of carbonyl (C=O) groups excluding carboxylic acids is 2. The van der Waals surface area contributed by atoms with Crippen molar-refractivity contribution < 1.29 is 14.3 Å². The predicted octanol–water partition coefficient (Wildman–Crippen LogP) is 4.23. The van der Waals surface area contributed by atoms with Crippen molar-refractivity contribution in [1.29, 1.82) is 0 Å². The fraction of sp³-hybridized carbons (Fsp3) is 0.333. The lowest BCUT2D eigenvalue weighted by Crippen LogP contribution is -2.41. The van der Waals surface area contributed by atoms with E-state index < -0.39 is 0 Å². The Balaban J connectivity index is 1.51. The fourth-order valence-corrected chi connectivity index (χ4v) is 3.29. The number of hydrogen-bond acceptors (Lipinski definition) is 3. The summed E-state index contributed by atoms with van der Waals surface area (Å²) in [6.07, 6.45) is 1.31. The minimum absolute atomic E-state index is 0.00208. The predicted molar refractivity (Wildman–Crippen MR) is 106 cm³/mol. The van der Waals surface area contributed by atoms with Crippen LogP contribution in [0.15, 0.2) is 48.5 Å². The Labute approximate surface area is 164 Å². The van der Waals surface area contributed by atoms with E-state index >= 15 is 0 Å². The second-order valence-electron chi connectivity index (χ2n) is 6.52. The first-order chi connectivity index (χ1) is 13.1. The third-order valence-electron chi connectivity index (χ3n) is 4.68. The summed E-state index contributed by atoms with van der Waals surface area (Å²) in [5.41, 5.74) is 1.37. The van der Waals surface area contributed by atoms with Crippen molar-refractivity contribution in [2.75, 3.05) is 25.0 Å². The number of rotatable bonds is 5. The van der Waals surface area contributed by atoms with Crippen LogP contribution < -0.4 is 10.1 Å². The summed E-state index contributed by atoms with van der Waals surface area (Å²) in [6.45, 7) is 3.68. The molecule has 2 amide bonds. The molecule has 1 aliphatic heterocycles. The smallest absolute Gasteiger partial charge is 0.253 e. The van der Waals surface area contributed by atoms with Crippen molar-refractivity contribution in [2.45, 2.75) is 19.8 Å². The summed E-state index contributed by atoms with van der Waals surface area (Å²) < 4.78 is 5.40. The molecule has 2 aromatic rings. The maximum absolute atomic E-state index is 12.5. The Morgan fingerprint density at radius 3 is 2.30 bits per heavy atom. The van der Waals surface area contributed by atoms with Crippen LogP contribution in [0.25, 0.3) is 0 Å². The van der Waals surface area contributed by atoms with Crippen LogP contribution >= 0.6 is 11.6 Å². The summed E-state index contributed by atoms with van der Waals surface area (Å²) in [5.74, 6) is 0.671. The zero-order valence-electron chi connectivity index (χ0n) is 15.3. The number of carbonyl (C=O) groups is 2. The van der Waals surface area contributed by atoms with E-state index in [0.717, 1.165) is 11.4 Å². The van der Waals surface area contributed by atoms with E-state index in [1.54, 1.807) is 29.2 Å². The number of amides is 2. The van der Waals surface area contributed by atoms with Crippen LogP contribution in [-0.4, -0.2) is 36.4 Å². The number of piperidine rings is 1. The molecular weight excluding hydrogens is 364 g/mol. The van der Waals surface area contributed by atoms with E-state index in [2.05, 4.69) is 5.32 Å². The number of nitrogens with zero attached hydrogens (tertiary/aromatic N) is 1. The molecule has 0 aliphatic carbocycles. The van der Waals surface area contributed by atoms with Gasteiger partial charge in [-0.1, -0.05) is 11.6 Å². The summed E-state index contributed by atoms with van der Waals surface area (Å²) >= 11 is 5.87. The van der Waals surface area contributed by atoms with Gasteiger partial charge in [-0.2, -0.15) is 0 Å². The highest BCUT2D eigenvalue weighted by molar-refractivity contribution is 6.30. The molecule has 142 valence electrons. The first-order valence-electron chi connectivity index (χ1n) is 9.15. The molecule has 0 saturated carbocycles. The number of benzene rings is 2. The molecule has 0 aromatic heterocycles. The van der Waals surface area contributed by atoms with Crippen molar-refractivity contribution in [3.63, 3.8) is 0 Å². The Kier molecular flexibility index (Phi) is 6.35. The van der Waals surface area contributed by atoms with E-state index in [-0.39, 0.29) is 17.7 Å². The van der Waals surface area contributed by atoms with E-state index in [0.29, 0.717) is 43.1 Å². The van der Waals surface area contributed by atoms with Gasteiger partial charge in [-0.15, -0.1) is 0 Å². The molecule has 0 atom stereocenters. The van der Waals surface area contributed by atoms with Gasteiger partial charge >= 0.3 is 0 Å². The molecule has 1 heterocycles. The second kappa shape index (κ2) is 8.91. The highest BCUT2D eigenvalue weighted by Crippen LogP contribution is 2.22. The second-order valence-corrected chi connectivity index (χ2v) is 6.96. The van der Waals surface area contributed by atoms with Gasteiger partial charge in [0, 0.05) is 35.3 Å². The third kappa shape index (κ3) is 5.01. The van der Waals surface area contributed by atoms with Gasteiger partial charge in [-0.05, 0) is 68.3 Å². The molecule has 1 N–H and O–H groups in total. The summed E-state index contributed by atoms with van der Waals surface area (Å²) in [4.78, 5) is 26.8. The van der Waals surface area contributed by atoms with Crippen LogP contribution in [0.4, 0.5) is 5.69 Å². The minimum Gasteiger partial charge on any atom is -0.494 e. The lowest BCUT2D eigenvalue weighted by molar-refractivity contribution is -0.121. The zero-order chi connectivity index (χ0) is 19.2. The van der Waals surface area contributed by atoms with Gasteiger partial charge in [-0.3, -0.25) is 9.59 Å². The van der Waals surface area contributed by atoms with Crippen molar-refractivity contribution >= 4 is 29.1 Å². The highest BCUT2D eigenvalue weighted by Gasteiger charge is 2.27. The van der Waals surface area contributed by atoms with Crippen LogP contribution in [0.2, 0.25) is 5.02 Å². The van der Waals surface area contributed by atoms with Gasteiger partial charge < -0.3 is 15.0 Å². The van der Waals surface area contributed by atoms with Crippen molar-refractivity contribution in [2.24, 2.45) is 5.92 Å². The first-order valence-corrected chi connectivity index (χ1v) is 9.53. The number of nitrogens with one attached hydrogen (secondary N) is 1. The number of hydrogen-bond donors (Lipinski definition) is 1. The van der Waals surface area contributed by atoms with Crippen LogP contribution in [0.1, 0.15) is 30.1 Å². The third-order valence-corrected chi connectivity index (χ3v) is 4.93. The largest absolute Gasteiger partial charge is 0.494 e. The van der Waals surface area contributed by atoms with Crippen LogP contribution in [0.3, 0.4) is 0 Å². The van der Waals surface area contributed by atoms with Crippen LogP contribution in [-0.2, 0) is 4.79 Å². The van der Waals surface area contributed by atoms with Crippen LogP contribution in [0.5, 0.6) is 5.75 Å². The SMILES string of the molecule is CCOc1ccc(NC(=O)C2CCN(C(=O)c3ccc(Cl)cc3)CC2)cc1. The molecular formula is C21H23ClN2O3. The van der Waals surface area contributed by atoms with Crippen molar-refractivity contribution in [1.82, 2.24) is 4.90 Å². The molecule has 0 spiro atoms. The summed E-state index contributed by atoms with van der Waals surface area (Å²) in [6, 6.07) is 14.2. The molecule has 5 nitrogen and oxygen atoms in total. The molecule has 1 saturated heterocycles. The molecule has 3 rings (SSSR count). The van der Waals surface area contributed by atoms with E-state index in [1.807, 2.05) is 31.2 Å². The lowest BCUT2D eigenvalue weighted by Gasteiger charge is -2.31. The Morgan fingerprint density at radius 1 is 1.07 bits per heavy atom. The van der Waals surface area contributed by atoms with Gasteiger partial charge in [0.05, 0.1) is 6.61 Å². The Morgan fingerprint density at radius 2 is 1.70 bits per heavy atom. The molecule has 2 aromatic carbocycles. The fourth-order valence-electron chi connectivity index (χ4n) is 3.17. The highest BCUT2D eigenvalue weighted by atomic mass is 35.5. The molecule has 1 aliphatic rings. The van der Waals surface area contributed by atoms with Crippen LogP contribution in [0, 0.1) is 5.92 Å². The van der Waals surface area contributed by atoms with Gasteiger partial charge in [0.2, 0.25) is 5.91 Å². The normalized spacial score (nSPS) is 14.7. The molecule has 0 unspecified atom stereocenters. The molecule has 1 fully saturated rings. The molecule has 27 heavy (non-hydrogen) atoms. The van der Waals surface area contributed by atoms with Gasteiger partial charge in [-0.25, -0.2) is 0 Å².